The van der Waals surface area contributed by atoms with Gasteiger partial charge in [0, 0.05) is 18.3 Å². The highest BCUT2D eigenvalue weighted by Gasteiger charge is 2.18. The number of aryl methyl sites for hydroxylation is 1. The molecule has 116 valence electrons. The van der Waals surface area contributed by atoms with Gasteiger partial charge in [0.25, 0.3) is 0 Å². The van der Waals surface area contributed by atoms with Gasteiger partial charge in [0.1, 0.15) is 0 Å². The minimum absolute atomic E-state index is 0.0880. The van der Waals surface area contributed by atoms with Crippen molar-refractivity contribution in [1.29, 1.82) is 0 Å². The van der Waals surface area contributed by atoms with Crippen molar-refractivity contribution in [3.8, 4) is 0 Å². The zero-order chi connectivity index (χ0) is 15.9. The van der Waals surface area contributed by atoms with E-state index in [1.807, 2.05) is 44.2 Å². The van der Waals surface area contributed by atoms with Crippen molar-refractivity contribution in [2.24, 2.45) is 0 Å². The minimum Gasteiger partial charge on any atom is -0.351 e. The fraction of sp³-hybridized carbons (Fsp3) is 0.333. The molecule has 2 rings (SSSR count). The highest BCUT2D eigenvalue weighted by atomic mass is 19.1. The molecule has 22 heavy (non-hydrogen) atoms. The topological polar surface area (TPSA) is 42.0 Å². The number of rotatable bonds is 6. The second kappa shape index (κ2) is 7.69. The molecular weight excluding hydrogens is 279 g/mol. The summed E-state index contributed by atoms with van der Waals surface area (Å²) in [4.78, 5) is 16.1. The molecule has 0 aliphatic heterocycles. The first-order valence-corrected chi connectivity index (χ1v) is 7.61. The lowest BCUT2D eigenvalue weighted by molar-refractivity contribution is -0.122. The summed E-state index contributed by atoms with van der Waals surface area (Å²) in [6.45, 7) is 4.12. The van der Waals surface area contributed by atoms with E-state index in [9.17, 15) is 9.18 Å². The van der Waals surface area contributed by atoms with Crippen LogP contribution >= 0.6 is 0 Å². The molecule has 0 aliphatic carbocycles. The Labute approximate surface area is 130 Å². The Morgan fingerprint density at radius 3 is 2.64 bits per heavy atom. The average molecular weight is 300 g/mol. The summed E-state index contributed by atoms with van der Waals surface area (Å²) >= 11 is 0. The molecule has 1 aromatic heterocycles. The Balaban J connectivity index is 2.06. The Bertz CT molecular complexity index is 628. The molecule has 0 spiro atoms. The standard InChI is InChI=1S/C18H21FN2O/c1-3-13-10-15(17(19)20-11-13)12-21-18(22)16(4-2)14-8-6-5-7-9-14/h5-11,16H,3-4,12H2,1-2H3,(H,21,22)/t16-/m0/s1. The quantitative estimate of drug-likeness (QED) is 0.828. The molecule has 0 radical (unpaired) electrons. The third-order valence-corrected chi connectivity index (χ3v) is 3.76. The number of carbonyl (C=O) groups is 1. The third kappa shape index (κ3) is 3.91. The summed E-state index contributed by atoms with van der Waals surface area (Å²) in [5.41, 5.74) is 2.36. The van der Waals surface area contributed by atoms with E-state index in [1.165, 1.54) is 6.20 Å². The molecule has 1 aromatic carbocycles. The number of benzene rings is 1. The maximum Gasteiger partial charge on any atom is 0.227 e. The van der Waals surface area contributed by atoms with E-state index in [4.69, 9.17) is 0 Å². The molecule has 0 saturated heterocycles. The molecule has 0 aliphatic rings. The number of amides is 1. The molecule has 1 heterocycles. The molecule has 1 amide bonds. The summed E-state index contributed by atoms with van der Waals surface area (Å²) in [6, 6.07) is 11.4. The van der Waals surface area contributed by atoms with E-state index in [-0.39, 0.29) is 18.4 Å². The zero-order valence-electron chi connectivity index (χ0n) is 13.0. The summed E-state index contributed by atoms with van der Waals surface area (Å²) in [5, 5.41) is 2.82. The van der Waals surface area contributed by atoms with Crippen LogP contribution in [0.5, 0.6) is 0 Å². The van der Waals surface area contributed by atoms with E-state index in [1.54, 1.807) is 6.07 Å². The summed E-state index contributed by atoms with van der Waals surface area (Å²) < 4.78 is 13.7. The van der Waals surface area contributed by atoms with Crippen molar-refractivity contribution in [2.45, 2.75) is 39.2 Å². The highest BCUT2D eigenvalue weighted by molar-refractivity contribution is 5.83. The van der Waals surface area contributed by atoms with Gasteiger partial charge < -0.3 is 5.32 Å². The number of halogens is 1. The van der Waals surface area contributed by atoms with Crippen molar-refractivity contribution in [3.63, 3.8) is 0 Å². The molecular formula is C18H21FN2O. The van der Waals surface area contributed by atoms with Gasteiger partial charge >= 0.3 is 0 Å². The number of carbonyl (C=O) groups excluding carboxylic acids is 1. The van der Waals surface area contributed by atoms with Crippen molar-refractivity contribution in [2.75, 3.05) is 0 Å². The number of nitrogens with one attached hydrogen (secondary N) is 1. The monoisotopic (exact) mass is 300 g/mol. The lowest BCUT2D eigenvalue weighted by Gasteiger charge is -2.15. The van der Waals surface area contributed by atoms with Crippen LogP contribution in [0.3, 0.4) is 0 Å². The molecule has 0 bridgehead atoms. The van der Waals surface area contributed by atoms with Crippen molar-refractivity contribution in [1.82, 2.24) is 10.3 Å². The first-order chi connectivity index (χ1) is 10.7. The van der Waals surface area contributed by atoms with Crippen molar-refractivity contribution < 1.29 is 9.18 Å². The number of pyridine rings is 1. The Hall–Kier alpha value is -2.23. The largest absolute Gasteiger partial charge is 0.351 e. The number of hydrogen-bond acceptors (Lipinski definition) is 2. The van der Waals surface area contributed by atoms with Crippen LogP contribution in [-0.4, -0.2) is 10.9 Å². The van der Waals surface area contributed by atoms with Crippen molar-refractivity contribution in [3.05, 3.63) is 65.2 Å². The average Bonchev–Trinajstić information content (AvgIpc) is 2.56. The smallest absolute Gasteiger partial charge is 0.227 e. The predicted octanol–water partition coefficient (Wildman–Crippen LogP) is 3.59. The van der Waals surface area contributed by atoms with Crippen LogP contribution in [0.15, 0.2) is 42.6 Å². The molecule has 1 N–H and O–H groups in total. The number of nitrogens with zero attached hydrogens (tertiary/aromatic N) is 1. The predicted molar refractivity (Wildman–Crippen MR) is 84.9 cm³/mol. The molecule has 1 atom stereocenters. The van der Waals surface area contributed by atoms with Crippen molar-refractivity contribution >= 4 is 5.91 Å². The number of hydrogen-bond donors (Lipinski definition) is 1. The Kier molecular flexibility index (Phi) is 5.64. The zero-order valence-corrected chi connectivity index (χ0v) is 13.0. The van der Waals surface area contributed by atoms with Crippen LogP contribution in [0.2, 0.25) is 0 Å². The highest BCUT2D eigenvalue weighted by Crippen LogP contribution is 2.19. The van der Waals surface area contributed by atoms with Gasteiger partial charge in [-0.25, -0.2) is 4.98 Å². The summed E-state index contributed by atoms with van der Waals surface area (Å²) in [7, 11) is 0. The van der Waals surface area contributed by atoms with E-state index in [0.29, 0.717) is 12.0 Å². The Morgan fingerprint density at radius 1 is 1.27 bits per heavy atom. The molecule has 0 fully saturated rings. The van der Waals surface area contributed by atoms with Gasteiger partial charge in [0.05, 0.1) is 5.92 Å². The van der Waals surface area contributed by atoms with Gasteiger partial charge in [-0.2, -0.15) is 4.39 Å². The first-order valence-electron chi connectivity index (χ1n) is 7.61. The van der Waals surface area contributed by atoms with E-state index in [2.05, 4.69) is 10.3 Å². The van der Waals surface area contributed by atoms with E-state index in [0.717, 1.165) is 17.5 Å². The maximum atomic E-state index is 13.7. The van der Waals surface area contributed by atoms with Crippen LogP contribution in [0.1, 0.15) is 42.9 Å². The lowest BCUT2D eigenvalue weighted by Crippen LogP contribution is -2.29. The van der Waals surface area contributed by atoms with Crippen LogP contribution in [0.4, 0.5) is 4.39 Å². The van der Waals surface area contributed by atoms with Crippen LogP contribution < -0.4 is 5.32 Å². The fourth-order valence-electron chi connectivity index (χ4n) is 2.42. The van der Waals surface area contributed by atoms with E-state index >= 15 is 0 Å². The maximum absolute atomic E-state index is 13.7. The second-order valence-corrected chi connectivity index (χ2v) is 5.24. The van der Waals surface area contributed by atoms with Gasteiger partial charge in [0.2, 0.25) is 11.9 Å². The van der Waals surface area contributed by atoms with Gasteiger partial charge in [-0.05, 0) is 30.0 Å². The molecule has 0 unspecified atom stereocenters. The molecule has 3 nitrogen and oxygen atoms in total. The third-order valence-electron chi connectivity index (χ3n) is 3.76. The summed E-state index contributed by atoms with van der Waals surface area (Å²) in [5.74, 6) is -0.827. The van der Waals surface area contributed by atoms with Gasteiger partial charge in [-0.15, -0.1) is 0 Å². The van der Waals surface area contributed by atoms with Gasteiger partial charge in [0.15, 0.2) is 0 Å². The molecule has 4 heteroatoms. The minimum atomic E-state index is -0.523. The lowest BCUT2D eigenvalue weighted by atomic mass is 9.95. The first kappa shape index (κ1) is 16.1. The van der Waals surface area contributed by atoms with Crippen LogP contribution in [0.25, 0.3) is 0 Å². The summed E-state index contributed by atoms with van der Waals surface area (Å²) in [6.07, 6.45) is 3.01. The van der Waals surface area contributed by atoms with Gasteiger partial charge in [-0.1, -0.05) is 44.2 Å². The number of aromatic nitrogens is 1. The molecule has 2 aromatic rings. The second-order valence-electron chi connectivity index (χ2n) is 5.24. The molecule has 0 saturated carbocycles. The van der Waals surface area contributed by atoms with Crippen LogP contribution in [-0.2, 0) is 17.8 Å². The Morgan fingerprint density at radius 2 is 2.00 bits per heavy atom. The van der Waals surface area contributed by atoms with Gasteiger partial charge in [-0.3, -0.25) is 4.79 Å². The normalized spacial score (nSPS) is 12.0. The van der Waals surface area contributed by atoms with E-state index < -0.39 is 5.95 Å². The fourth-order valence-corrected chi connectivity index (χ4v) is 2.42. The SMILES string of the molecule is CCc1cnc(F)c(CNC(=O)[C@@H](CC)c2ccccc2)c1. The van der Waals surface area contributed by atoms with Crippen LogP contribution in [0, 0.1) is 5.95 Å².